The van der Waals surface area contributed by atoms with Crippen LogP contribution in [0.2, 0.25) is 0 Å². The van der Waals surface area contributed by atoms with Gasteiger partial charge in [-0.1, -0.05) is 39.7 Å². The molecule has 0 saturated carbocycles. The number of azo groups is 1. The van der Waals surface area contributed by atoms with E-state index in [1.807, 2.05) is 24.3 Å². The van der Waals surface area contributed by atoms with E-state index in [2.05, 4.69) is 42.6 Å². The van der Waals surface area contributed by atoms with Crippen LogP contribution in [-0.2, 0) is 19.4 Å². The summed E-state index contributed by atoms with van der Waals surface area (Å²) in [6.45, 7) is 9.10. The molecule has 0 aliphatic heterocycles. The highest BCUT2D eigenvalue weighted by Gasteiger charge is 2.14. The predicted octanol–water partition coefficient (Wildman–Crippen LogP) is 6.65. The third kappa shape index (κ3) is 10.0. The quantitative estimate of drug-likeness (QED) is 0.118. The SMILES string of the molecule is C=CC(=O)OCCCCCCS(=O)(=O)c1ccc(/N=N/c2ccc(N(C)CC(C)CC)cc2)cc1. The Kier molecular flexibility index (Phi) is 11.6. The summed E-state index contributed by atoms with van der Waals surface area (Å²) in [6.07, 6.45) is 5.09. The second-order valence-electron chi connectivity index (χ2n) is 8.71. The number of benzene rings is 2. The van der Waals surface area contributed by atoms with Gasteiger partial charge in [0.15, 0.2) is 9.84 Å². The molecule has 0 bridgehead atoms. The van der Waals surface area contributed by atoms with Crippen LogP contribution in [0.3, 0.4) is 0 Å². The van der Waals surface area contributed by atoms with E-state index in [-0.39, 0.29) is 10.6 Å². The highest BCUT2D eigenvalue weighted by atomic mass is 32.2. The first-order chi connectivity index (χ1) is 16.7. The normalized spacial score (nSPS) is 12.4. The molecule has 190 valence electrons. The predicted molar refractivity (Wildman–Crippen MR) is 141 cm³/mol. The summed E-state index contributed by atoms with van der Waals surface area (Å²) in [5.74, 6) is 0.276. The number of unbranched alkanes of at least 4 members (excludes halogenated alkanes) is 3. The molecule has 2 aromatic rings. The van der Waals surface area contributed by atoms with E-state index in [0.29, 0.717) is 31.1 Å². The molecule has 8 heteroatoms. The fraction of sp³-hybridized carbons (Fsp3) is 0.444. The van der Waals surface area contributed by atoms with Gasteiger partial charge in [-0.2, -0.15) is 10.2 Å². The lowest BCUT2D eigenvalue weighted by Crippen LogP contribution is -2.23. The van der Waals surface area contributed by atoms with E-state index in [1.165, 1.54) is 0 Å². The Morgan fingerprint density at radius 2 is 1.57 bits per heavy atom. The standard InChI is InChI=1S/C27H37N3O4S/c1-5-22(3)21-30(4)25-15-11-23(12-16-25)28-29-24-13-17-26(18-14-24)35(32,33)20-10-8-7-9-19-34-27(31)6-2/h6,11-18,22H,2,5,7-10,19-21H2,1,3-4H3/b29-28+. The molecule has 0 radical (unpaired) electrons. The van der Waals surface area contributed by atoms with Crippen molar-refractivity contribution in [2.75, 3.05) is 30.9 Å². The maximum Gasteiger partial charge on any atom is 0.330 e. The van der Waals surface area contributed by atoms with Crippen LogP contribution in [-0.4, -0.2) is 40.3 Å². The Morgan fingerprint density at radius 3 is 2.14 bits per heavy atom. The zero-order chi connectivity index (χ0) is 25.7. The zero-order valence-corrected chi connectivity index (χ0v) is 21.8. The third-order valence-electron chi connectivity index (χ3n) is 5.77. The summed E-state index contributed by atoms with van der Waals surface area (Å²) in [4.78, 5) is 13.5. The van der Waals surface area contributed by atoms with Gasteiger partial charge in [0.1, 0.15) is 0 Å². The minimum atomic E-state index is -3.35. The number of hydrogen-bond donors (Lipinski definition) is 0. The number of hydrogen-bond acceptors (Lipinski definition) is 7. The average molecular weight is 500 g/mol. The molecule has 2 aromatic carbocycles. The summed E-state index contributed by atoms with van der Waals surface area (Å²) in [5, 5.41) is 8.50. The number of esters is 1. The van der Waals surface area contributed by atoms with Crippen LogP contribution in [0.25, 0.3) is 0 Å². The van der Waals surface area contributed by atoms with Crippen molar-refractivity contribution in [1.82, 2.24) is 0 Å². The highest BCUT2D eigenvalue weighted by Crippen LogP contribution is 2.24. The van der Waals surface area contributed by atoms with Crippen molar-refractivity contribution in [2.45, 2.75) is 50.8 Å². The van der Waals surface area contributed by atoms with Crippen LogP contribution in [0.15, 0.2) is 76.3 Å². The zero-order valence-electron chi connectivity index (χ0n) is 21.0. The Balaban J connectivity index is 1.82. The van der Waals surface area contributed by atoms with Gasteiger partial charge in [0.25, 0.3) is 0 Å². The first-order valence-electron chi connectivity index (χ1n) is 12.1. The molecule has 0 N–H and O–H groups in total. The summed E-state index contributed by atoms with van der Waals surface area (Å²) in [5.41, 5.74) is 2.47. The lowest BCUT2D eigenvalue weighted by molar-refractivity contribution is -0.137. The van der Waals surface area contributed by atoms with Crippen LogP contribution >= 0.6 is 0 Å². The van der Waals surface area contributed by atoms with Crippen molar-refractivity contribution < 1.29 is 17.9 Å². The summed E-state index contributed by atoms with van der Waals surface area (Å²) in [6, 6.07) is 14.4. The van der Waals surface area contributed by atoms with Gasteiger partial charge < -0.3 is 9.64 Å². The fourth-order valence-electron chi connectivity index (χ4n) is 3.41. The minimum Gasteiger partial charge on any atom is -0.463 e. The van der Waals surface area contributed by atoms with E-state index < -0.39 is 15.8 Å². The van der Waals surface area contributed by atoms with Crippen LogP contribution in [0.5, 0.6) is 0 Å². The first-order valence-corrected chi connectivity index (χ1v) is 13.8. The molecule has 35 heavy (non-hydrogen) atoms. The number of anilines is 1. The molecule has 0 heterocycles. The van der Waals surface area contributed by atoms with Gasteiger partial charge in [0, 0.05) is 25.4 Å². The average Bonchev–Trinajstić information content (AvgIpc) is 2.87. The first kappa shape index (κ1) is 28.2. The molecule has 1 atom stereocenters. The van der Waals surface area contributed by atoms with E-state index in [1.54, 1.807) is 24.3 Å². The van der Waals surface area contributed by atoms with Crippen molar-refractivity contribution in [2.24, 2.45) is 16.1 Å². The van der Waals surface area contributed by atoms with E-state index in [4.69, 9.17) is 4.74 Å². The largest absolute Gasteiger partial charge is 0.463 e. The number of ether oxygens (including phenoxy) is 1. The third-order valence-corrected chi connectivity index (χ3v) is 7.58. The summed E-state index contributed by atoms with van der Waals surface area (Å²) >= 11 is 0. The highest BCUT2D eigenvalue weighted by molar-refractivity contribution is 7.91. The Morgan fingerprint density at radius 1 is 1.00 bits per heavy atom. The van der Waals surface area contributed by atoms with Crippen molar-refractivity contribution >= 4 is 32.9 Å². The maximum atomic E-state index is 12.6. The van der Waals surface area contributed by atoms with Crippen molar-refractivity contribution in [3.8, 4) is 0 Å². The fourth-order valence-corrected chi connectivity index (χ4v) is 4.78. The molecule has 0 fully saturated rings. The van der Waals surface area contributed by atoms with Gasteiger partial charge in [0.05, 0.1) is 28.6 Å². The summed E-state index contributed by atoms with van der Waals surface area (Å²) < 4.78 is 30.1. The van der Waals surface area contributed by atoms with Crippen LogP contribution in [0.1, 0.15) is 46.0 Å². The van der Waals surface area contributed by atoms with Crippen molar-refractivity contribution in [1.29, 1.82) is 0 Å². The monoisotopic (exact) mass is 499 g/mol. The lowest BCUT2D eigenvalue weighted by atomic mass is 10.1. The molecular formula is C27H37N3O4S. The van der Waals surface area contributed by atoms with Gasteiger partial charge >= 0.3 is 5.97 Å². The number of sulfone groups is 1. The smallest absolute Gasteiger partial charge is 0.330 e. The van der Waals surface area contributed by atoms with Gasteiger partial charge in [-0.3, -0.25) is 0 Å². The van der Waals surface area contributed by atoms with E-state index in [9.17, 15) is 13.2 Å². The molecule has 0 aromatic heterocycles. The van der Waals surface area contributed by atoms with Crippen LogP contribution < -0.4 is 4.90 Å². The van der Waals surface area contributed by atoms with Gasteiger partial charge in [-0.15, -0.1) is 0 Å². The van der Waals surface area contributed by atoms with Gasteiger partial charge in [0.2, 0.25) is 0 Å². The molecule has 0 aliphatic rings. The van der Waals surface area contributed by atoms with Crippen LogP contribution in [0.4, 0.5) is 17.1 Å². The number of rotatable bonds is 15. The summed E-state index contributed by atoms with van der Waals surface area (Å²) in [7, 11) is -1.27. The number of carbonyl (C=O) groups excluding carboxylic acids is 1. The molecule has 0 amide bonds. The maximum absolute atomic E-state index is 12.6. The van der Waals surface area contributed by atoms with Crippen LogP contribution in [0, 0.1) is 5.92 Å². The van der Waals surface area contributed by atoms with Gasteiger partial charge in [-0.05, 0) is 67.3 Å². The van der Waals surface area contributed by atoms with Crippen molar-refractivity contribution in [3.63, 3.8) is 0 Å². The number of carbonyl (C=O) groups is 1. The Labute approximate surface area is 209 Å². The molecule has 2 rings (SSSR count). The molecule has 7 nitrogen and oxygen atoms in total. The van der Waals surface area contributed by atoms with E-state index in [0.717, 1.165) is 43.3 Å². The second kappa shape index (κ2) is 14.4. The molecular weight excluding hydrogens is 462 g/mol. The van der Waals surface area contributed by atoms with Gasteiger partial charge in [-0.25, -0.2) is 13.2 Å². The topological polar surface area (TPSA) is 88.4 Å². The molecule has 1 unspecified atom stereocenters. The molecule has 0 saturated heterocycles. The molecule has 0 spiro atoms. The second-order valence-corrected chi connectivity index (χ2v) is 10.8. The Hall–Kier alpha value is -3.00. The van der Waals surface area contributed by atoms with Crippen molar-refractivity contribution in [3.05, 3.63) is 61.2 Å². The number of nitrogens with zero attached hydrogens (tertiary/aromatic N) is 3. The lowest BCUT2D eigenvalue weighted by Gasteiger charge is -2.22. The minimum absolute atomic E-state index is 0.0815. The Bertz CT molecular complexity index is 1060. The van der Waals surface area contributed by atoms with E-state index >= 15 is 0 Å². The molecule has 0 aliphatic carbocycles.